The summed E-state index contributed by atoms with van der Waals surface area (Å²) >= 11 is 2.04. The lowest BCUT2D eigenvalue weighted by Gasteiger charge is -2.27. The fourth-order valence-electron chi connectivity index (χ4n) is 10.8. The fraction of sp³-hybridized carbons (Fsp3) is 0.0345. The minimum atomic E-state index is 0.210. The van der Waals surface area contributed by atoms with Gasteiger partial charge >= 0.3 is 0 Å². The van der Waals surface area contributed by atoms with Crippen LogP contribution < -0.4 is 0 Å². The van der Waals surface area contributed by atoms with E-state index < -0.39 is 0 Å². The molecule has 0 saturated carbocycles. The summed E-state index contributed by atoms with van der Waals surface area (Å²) in [6.45, 7) is 0. The molecule has 280 valence electrons. The summed E-state index contributed by atoms with van der Waals surface area (Å²) in [7, 11) is 0. The number of allylic oxidation sites excluding steroid dienone is 3. The van der Waals surface area contributed by atoms with Crippen LogP contribution in [0.2, 0.25) is 0 Å². The third kappa shape index (κ3) is 4.77. The van der Waals surface area contributed by atoms with Crippen molar-refractivity contribution < 1.29 is 0 Å². The molecule has 2 heterocycles. The van der Waals surface area contributed by atoms with Crippen LogP contribution in [-0.4, -0.2) is 9.82 Å². The van der Waals surface area contributed by atoms with Gasteiger partial charge in [0, 0.05) is 37.6 Å². The Balaban J connectivity index is 1.03. The molecule has 1 nitrogen and oxygen atoms in total. The van der Waals surface area contributed by atoms with Crippen molar-refractivity contribution in [2.75, 3.05) is 0 Å². The van der Waals surface area contributed by atoms with Crippen molar-refractivity contribution in [1.82, 2.24) is 4.57 Å². The summed E-state index contributed by atoms with van der Waals surface area (Å²) in [6, 6.07) is 72.0. The smallest absolute Gasteiger partial charge is 0.0619 e. The fourth-order valence-corrected chi connectivity index (χ4v) is 12.3. The van der Waals surface area contributed by atoms with Gasteiger partial charge in [-0.05, 0) is 89.5 Å². The first-order valence-electron chi connectivity index (χ1n) is 20.9. The monoisotopic (exact) mass is 779 g/mol. The van der Waals surface area contributed by atoms with Gasteiger partial charge in [-0.25, -0.2) is 0 Å². The maximum Gasteiger partial charge on any atom is 0.0619 e. The lowest BCUT2D eigenvalue weighted by Crippen LogP contribution is -2.14. The Kier molecular flexibility index (Phi) is 7.43. The lowest BCUT2D eigenvalue weighted by atomic mass is 9.78. The largest absolute Gasteiger partial charge is 0.308 e. The van der Waals surface area contributed by atoms with E-state index in [1.165, 1.54) is 114 Å². The highest BCUT2D eigenvalue weighted by molar-refractivity contribution is 8.00. The van der Waals surface area contributed by atoms with E-state index in [1.54, 1.807) is 0 Å². The molecule has 0 amide bonds. The molecule has 2 unspecified atom stereocenters. The van der Waals surface area contributed by atoms with Crippen molar-refractivity contribution in [2.24, 2.45) is 0 Å². The Bertz CT molecular complexity index is 3480. The first-order valence-corrected chi connectivity index (χ1v) is 21.8. The molecule has 0 bridgehead atoms. The Morgan fingerprint density at radius 1 is 0.383 bits per heavy atom. The molecule has 1 aliphatic carbocycles. The predicted molar refractivity (Wildman–Crippen MR) is 258 cm³/mol. The van der Waals surface area contributed by atoms with Crippen molar-refractivity contribution in [3.8, 4) is 27.9 Å². The third-order valence-electron chi connectivity index (χ3n) is 13.1. The van der Waals surface area contributed by atoms with Gasteiger partial charge in [0.05, 0.1) is 16.7 Å². The number of aromatic nitrogens is 1. The number of hydrogen-bond acceptors (Lipinski definition) is 1. The maximum absolute atomic E-state index is 2.51. The van der Waals surface area contributed by atoms with Crippen molar-refractivity contribution in [3.63, 3.8) is 0 Å². The van der Waals surface area contributed by atoms with Crippen molar-refractivity contribution in [2.45, 2.75) is 16.1 Å². The summed E-state index contributed by atoms with van der Waals surface area (Å²) in [4.78, 5) is 1.37. The van der Waals surface area contributed by atoms with Crippen LogP contribution in [0.25, 0.3) is 98.4 Å². The van der Waals surface area contributed by atoms with Gasteiger partial charge in [0.1, 0.15) is 0 Å². The van der Waals surface area contributed by atoms with Gasteiger partial charge < -0.3 is 4.57 Å². The van der Waals surface area contributed by atoms with Crippen LogP contribution in [-0.2, 0) is 0 Å². The van der Waals surface area contributed by atoms with E-state index >= 15 is 0 Å². The predicted octanol–water partition coefficient (Wildman–Crippen LogP) is 15.9. The number of para-hydroxylation sites is 2. The number of thioether (sulfide) groups is 1. The average Bonchev–Trinajstić information content (AvgIpc) is 3.87. The van der Waals surface area contributed by atoms with Crippen LogP contribution in [0.15, 0.2) is 217 Å². The van der Waals surface area contributed by atoms with E-state index in [-0.39, 0.29) is 11.2 Å². The molecular formula is C58H37NS. The lowest BCUT2D eigenvalue weighted by molar-refractivity contribution is 0.897. The van der Waals surface area contributed by atoms with Gasteiger partial charge in [-0.1, -0.05) is 194 Å². The molecule has 13 rings (SSSR count). The van der Waals surface area contributed by atoms with E-state index in [1.807, 2.05) is 11.8 Å². The van der Waals surface area contributed by atoms with E-state index in [2.05, 4.69) is 217 Å². The Labute approximate surface area is 352 Å². The second kappa shape index (κ2) is 13.2. The number of hydrogen-bond donors (Lipinski definition) is 0. The summed E-state index contributed by atoms with van der Waals surface area (Å²) < 4.78 is 2.51. The molecule has 2 aliphatic rings. The molecular weight excluding hydrogens is 743 g/mol. The van der Waals surface area contributed by atoms with Gasteiger partial charge in [-0.2, -0.15) is 0 Å². The minimum absolute atomic E-state index is 0.210. The van der Waals surface area contributed by atoms with E-state index in [9.17, 15) is 0 Å². The van der Waals surface area contributed by atoms with Gasteiger partial charge in [-0.15, -0.1) is 11.8 Å². The highest BCUT2D eigenvalue weighted by Gasteiger charge is 2.39. The highest BCUT2D eigenvalue weighted by Crippen LogP contribution is 2.58. The minimum Gasteiger partial charge on any atom is -0.308 e. The van der Waals surface area contributed by atoms with E-state index in [4.69, 9.17) is 0 Å². The van der Waals surface area contributed by atoms with Crippen molar-refractivity contribution in [1.29, 1.82) is 0 Å². The summed E-state index contributed by atoms with van der Waals surface area (Å²) in [5.74, 6) is 0.210. The SMILES string of the molecule is C1=CC2c3c(cccc3-c3c4ccccc4c(-n4c5ccccc5c5ccccc54)c4ccccc34)SC2C(c2c3ccccc3c(-c3ccccc3)c3ccccc23)=C1. The molecule has 0 fully saturated rings. The molecule has 2 atom stereocenters. The molecule has 0 spiro atoms. The second-order valence-electron chi connectivity index (χ2n) is 16.2. The van der Waals surface area contributed by atoms with Gasteiger partial charge in [0.2, 0.25) is 0 Å². The van der Waals surface area contributed by atoms with Gasteiger partial charge in [-0.3, -0.25) is 0 Å². The average molecular weight is 780 g/mol. The van der Waals surface area contributed by atoms with Crippen LogP contribution in [0.1, 0.15) is 17.0 Å². The molecule has 1 aliphatic heterocycles. The van der Waals surface area contributed by atoms with Crippen LogP contribution in [0, 0.1) is 0 Å². The molecule has 1 aromatic heterocycles. The van der Waals surface area contributed by atoms with Crippen molar-refractivity contribution in [3.05, 3.63) is 223 Å². The topological polar surface area (TPSA) is 4.93 Å². The maximum atomic E-state index is 2.51. The van der Waals surface area contributed by atoms with E-state index in [0.717, 1.165) is 0 Å². The normalized spacial score (nSPS) is 16.0. The zero-order chi connectivity index (χ0) is 39.3. The molecule has 0 N–H and O–H groups in total. The van der Waals surface area contributed by atoms with Gasteiger partial charge in [0.15, 0.2) is 0 Å². The standard InChI is InChI=1S/C58H37NS/c1-2-18-36(19-3-1)53-39-22-4-6-24-41(39)55(42-25-7-5-23-40(42)53)48-31-16-32-49-56-47(30-17-35-52(56)60-58(48)49)54-43-26-8-10-28-45(43)57(46-29-11-9-27-44(46)54)59-50-33-14-12-20-37(50)38-21-13-15-34-51(38)59/h1-35,49,58H. The van der Waals surface area contributed by atoms with Crippen LogP contribution >= 0.6 is 11.8 Å². The quantitative estimate of drug-likeness (QED) is 0.161. The Hall–Kier alpha value is -7.13. The van der Waals surface area contributed by atoms with Crippen LogP contribution in [0.4, 0.5) is 0 Å². The first-order chi connectivity index (χ1) is 29.8. The highest BCUT2D eigenvalue weighted by atomic mass is 32.2. The second-order valence-corrected chi connectivity index (χ2v) is 17.4. The summed E-state index contributed by atoms with van der Waals surface area (Å²) in [6.07, 6.45) is 7.21. The molecule has 0 saturated heterocycles. The van der Waals surface area contributed by atoms with Gasteiger partial charge in [0.25, 0.3) is 0 Å². The zero-order valence-electron chi connectivity index (χ0n) is 32.7. The summed E-state index contributed by atoms with van der Waals surface area (Å²) in [5, 5.41) is 13.1. The van der Waals surface area contributed by atoms with Crippen molar-refractivity contribution >= 4 is 82.2 Å². The number of rotatable bonds is 4. The summed E-state index contributed by atoms with van der Waals surface area (Å²) in [5.41, 5.74) is 13.1. The molecule has 0 radical (unpaired) electrons. The number of fused-ring (bicyclic) bond motifs is 10. The number of nitrogens with zero attached hydrogens (tertiary/aromatic N) is 1. The molecule has 10 aromatic carbocycles. The zero-order valence-corrected chi connectivity index (χ0v) is 33.5. The number of benzene rings is 10. The van der Waals surface area contributed by atoms with Crippen LogP contribution in [0.3, 0.4) is 0 Å². The Morgan fingerprint density at radius 2 is 0.850 bits per heavy atom. The molecule has 2 heteroatoms. The Morgan fingerprint density at radius 3 is 1.42 bits per heavy atom. The molecule has 60 heavy (non-hydrogen) atoms. The van der Waals surface area contributed by atoms with E-state index in [0.29, 0.717) is 0 Å². The van der Waals surface area contributed by atoms with Crippen LogP contribution in [0.5, 0.6) is 0 Å². The third-order valence-corrected chi connectivity index (χ3v) is 14.6. The first kappa shape index (κ1) is 33.8. The molecule has 11 aromatic rings.